The smallest absolute Gasteiger partial charge is 0.0353 e. The molecule has 21 heavy (non-hydrogen) atoms. The minimum absolute atomic E-state index is 0.854. The average Bonchev–Trinajstić information content (AvgIpc) is 2.55. The third kappa shape index (κ3) is 3.09. The van der Waals surface area contributed by atoms with Crippen LogP contribution in [0.25, 0.3) is 21.9 Å². The van der Waals surface area contributed by atoms with Crippen LogP contribution in [0.5, 0.6) is 0 Å². The molecule has 0 fully saturated rings. The lowest BCUT2D eigenvalue weighted by Gasteiger charge is -2.08. The van der Waals surface area contributed by atoms with Gasteiger partial charge in [0.25, 0.3) is 0 Å². The van der Waals surface area contributed by atoms with E-state index in [4.69, 9.17) is 0 Å². The quantitative estimate of drug-likeness (QED) is 0.721. The van der Waals surface area contributed by atoms with E-state index in [9.17, 15) is 0 Å². The van der Waals surface area contributed by atoms with E-state index in [0.717, 1.165) is 36.0 Å². The number of fused-ring (bicyclic) bond motifs is 1. The lowest BCUT2D eigenvalue weighted by Crippen LogP contribution is -2.13. The Hall–Kier alpha value is -2.26. The number of rotatable bonds is 5. The summed E-state index contributed by atoms with van der Waals surface area (Å²) in [5.41, 5.74) is 3.46. The van der Waals surface area contributed by atoms with E-state index in [1.807, 2.05) is 30.9 Å². The van der Waals surface area contributed by atoms with Crippen LogP contribution in [-0.2, 0) is 6.54 Å². The predicted octanol–water partition coefficient (Wildman–Crippen LogP) is 3.80. The van der Waals surface area contributed by atoms with E-state index in [0.29, 0.717) is 0 Å². The standard InChI is InChI=1S/C18H19N3/c1-2-7-19-9-14-8-16(12-20-10-14)18-13-21-11-15-5-3-4-6-17(15)18/h3-6,8,10-13,19H,2,7,9H2,1H3. The van der Waals surface area contributed by atoms with Crippen molar-refractivity contribution in [1.29, 1.82) is 0 Å². The zero-order chi connectivity index (χ0) is 14.5. The lowest BCUT2D eigenvalue weighted by atomic mass is 10.0. The van der Waals surface area contributed by atoms with Crippen molar-refractivity contribution in [2.45, 2.75) is 19.9 Å². The fraction of sp³-hybridized carbons (Fsp3) is 0.222. The van der Waals surface area contributed by atoms with Crippen LogP contribution < -0.4 is 5.32 Å². The molecule has 0 unspecified atom stereocenters. The monoisotopic (exact) mass is 277 g/mol. The number of hydrogen-bond acceptors (Lipinski definition) is 3. The Labute approximate surface area is 125 Å². The van der Waals surface area contributed by atoms with Gasteiger partial charge in [-0.3, -0.25) is 9.97 Å². The Balaban J connectivity index is 1.97. The molecule has 0 spiro atoms. The third-order valence-electron chi connectivity index (χ3n) is 3.53. The van der Waals surface area contributed by atoms with Crippen molar-refractivity contribution in [3.8, 4) is 11.1 Å². The van der Waals surface area contributed by atoms with E-state index < -0.39 is 0 Å². The normalized spacial score (nSPS) is 10.9. The van der Waals surface area contributed by atoms with Gasteiger partial charge < -0.3 is 5.32 Å². The molecule has 1 aromatic carbocycles. The molecule has 0 saturated carbocycles. The van der Waals surface area contributed by atoms with Crippen LogP contribution >= 0.6 is 0 Å². The lowest BCUT2D eigenvalue weighted by molar-refractivity contribution is 0.674. The molecule has 2 aromatic heterocycles. The molecule has 3 rings (SSSR count). The first-order chi connectivity index (χ1) is 10.4. The molecule has 3 aromatic rings. The second kappa shape index (κ2) is 6.46. The molecule has 3 heteroatoms. The summed E-state index contributed by atoms with van der Waals surface area (Å²) in [5, 5.41) is 5.78. The van der Waals surface area contributed by atoms with Gasteiger partial charge in [0.15, 0.2) is 0 Å². The first kappa shape index (κ1) is 13.7. The molecular weight excluding hydrogens is 258 g/mol. The molecule has 106 valence electrons. The molecule has 0 aliphatic heterocycles. The summed E-state index contributed by atoms with van der Waals surface area (Å²) in [6.45, 7) is 4.05. The predicted molar refractivity (Wildman–Crippen MR) is 87.0 cm³/mol. The number of benzene rings is 1. The first-order valence-corrected chi connectivity index (χ1v) is 7.36. The number of hydrogen-bond donors (Lipinski definition) is 1. The molecule has 0 aliphatic carbocycles. The summed E-state index contributed by atoms with van der Waals surface area (Å²) in [6.07, 6.45) is 8.79. The molecule has 3 nitrogen and oxygen atoms in total. The Bertz CT molecular complexity index is 732. The molecule has 0 amide bonds. The van der Waals surface area contributed by atoms with Gasteiger partial charge in [-0.25, -0.2) is 0 Å². The second-order valence-electron chi connectivity index (χ2n) is 5.17. The average molecular weight is 277 g/mol. The number of aromatic nitrogens is 2. The van der Waals surface area contributed by atoms with Crippen molar-refractivity contribution in [2.75, 3.05) is 6.54 Å². The largest absolute Gasteiger partial charge is 0.313 e. The Morgan fingerprint density at radius 2 is 1.86 bits per heavy atom. The van der Waals surface area contributed by atoms with E-state index in [1.165, 1.54) is 10.9 Å². The zero-order valence-electron chi connectivity index (χ0n) is 12.2. The summed E-state index contributed by atoms with van der Waals surface area (Å²) in [4.78, 5) is 8.73. The molecule has 1 N–H and O–H groups in total. The zero-order valence-corrected chi connectivity index (χ0v) is 12.2. The van der Waals surface area contributed by atoms with Gasteiger partial charge in [0.1, 0.15) is 0 Å². The molecule has 0 radical (unpaired) electrons. The van der Waals surface area contributed by atoms with Gasteiger partial charge in [-0.2, -0.15) is 0 Å². The maximum absolute atomic E-state index is 4.38. The fourth-order valence-corrected chi connectivity index (χ4v) is 2.49. The Kier molecular flexibility index (Phi) is 4.22. The van der Waals surface area contributed by atoms with Crippen LogP contribution in [0.3, 0.4) is 0 Å². The van der Waals surface area contributed by atoms with Gasteiger partial charge in [0.2, 0.25) is 0 Å². The van der Waals surface area contributed by atoms with Gasteiger partial charge in [-0.05, 0) is 30.0 Å². The van der Waals surface area contributed by atoms with Gasteiger partial charge in [0.05, 0.1) is 0 Å². The molecular formula is C18H19N3. The second-order valence-corrected chi connectivity index (χ2v) is 5.17. The minimum Gasteiger partial charge on any atom is -0.313 e. The van der Waals surface area contributed by atoms with Gasteiger partial charge >= 0.3 is 0 Å². The van der Waals surface area contributed by atoms with Crippen molar-refractivity contribution >= 4 is 10.8 Å². The minimum atomic E-state index is 0.854. The number of nitrogens with zero attached hydrogens (tertiary/aromatic N) is 2. The van der Waals surface area contributed by atoms with Gasteiger partial charge in [-0.1, -0.05) is 31.2 Å². The molecule has 0 bridgehead atoms. The third-order valence-corrected chi connectivity index (χ3v) is 3.53. The van der Waals surface area contributed by atoms with Gasteiger partial charge in [0, 0.05) is 47.8 Å². The summed E-state index contributed by atoms with van der Waals surface area (Å²) in [6, 6.07) is 10.5. The fourth-order valence-electron chi connectivity index (χ4n) is 2.49. The summed E-state index contributed by atoms with van der Waals surface area (Å²) < 4.78 is 0. The summed E-state index contributed by atoms with van der Waals surface area (Å²) >= 11 is 0. The highest BCUT2D eigenvalue weighted by molar-refractivity contribution is 5.95. The maximum Gasteiger partial charge on any atom is 0.0353 e. The first-order valence-electron chi connectivity index (χ1n) is 7.36. The van der Waals surface area contributed by atoms with Crippen LogP contribution in [0, 0.1) is 0 Å². The van der Waals surface area contributed by atoms with E-state index in [2.05, 4.69) is 46.5 Å². The SMILES string of the molecule is CCCNCc1cncc(-c2cncc3ccccc23)c1. The summed E-state index contributed by atoms with van der Waals surface area (Å²) in [5.74, 6) is 0. The van der Waals surface area contributed by atoms with E-state index >= 15 is 0 Å². The highest BCUT2D eigenvalue weighted by Gasteiger charge is 2.05. The van der Waals surface area contributed by atoms with Crippen LogP contribution in [0.15, 0.2) is 55.1 Å². The van der Waals surface area contributed by atoms with Crippen molar-refractivity contribution in [3.63, 3.8) is 0 Å². The van der Waals surface area contributed by atoms with Crippen LogP contribution in [-0.4, -0.2) is 16.5 Å². The Morgan fingerprint density at radius 3 is 2.76 bits per heavy atom. The van der Waals surface area contributed by atoms with Crippen molar-refractivity contribution in [3.05, 3.63) is 60.7 Å². The topological polar surface area (TPSA) is 37.8 Å². The maximum atomic E-state index is 4.38. The molecule has 0 saturated heterocycles. The summed E-state index contributed by atoms with van der Waals surface area (Å²) in [7, 11) is 0. The van der Waals surface area contributed by atoms with Crippen LogP contribution in [0.4, 0.5) is 0 Å². The highest BCUT2D eigenvalue weighted by Crippen LogP contribution is 2.27. The number of nitrogens with one attached hydrogen (secondary N) is 1. The number of pyridine rings is 2. The van der Waals surface area contributed by atoms with Crippen molar-refractivity contribution in [2.24, 2.45) is 0 Å². The van der Waals surface area contributed by atoms with Crippen molar-refractivity contribution < 1.29 is 0 Å². The molecule has 2 heterocycles. The molecule has 0 aliphatic rings. The van der Waals surface area contributed by atoms with Gasteiger partial charge in [-0.15, -0.1) is 0 Å². The van der Waals surface area contributed by atoms with Crippen LogP contribution in [0.2, 0.25) is 0 Å². The van der Waals surface area contributed by atoms with Crippen molar-refractivity contribution in [1.82, 2.24) is 15.3 Å². The van der Waals surface area contributed by atoms with E-state index in [-0.39, 0.29) is 0 Å². The van der Waals surface area contributed by atoms with Crippen LogP contribution in [0.1, 0.15) is 18.9 Å². The molecule has 0 atom stereocenters. The van der Waals surface area contributed by atoms with E-state index in [1.54, 1.807) is 0 Å². The highest BCUT2D eigenvalue weighted by atomic mass is 14.8. The Morgan fingerprint density at radius 1 is 1.00 bits per heavy atom.